The number of carbonyl (C=O) groups excluding carboxylic acids is 2. The Morgan fingerprint density at radius 2 is 1.88 bits per heavy atom. The molecule has 0 aromatic heterocycles. The molecular formula is C25H27NO8. The van der Waals surface area contributed by atoms with Crippen LogP contribution in [0.4, 0.5) is 4.79 Å². The number of aldehydes is 1. The second-order valence-electron chi connectivity index (χ2n) is 7.60. The zero-order valence-electron chi connectivity index (χ0n) is 19.3. The lowest BCUT2D eigenvalue weighted by Crippen LogP contribution is -2.34. The average molecular weight is 469 g/mol. The van der Waals surface area contributed by atoms with Gasteiger partial charge in [-0.25, -0.2) is 4.79 Å². The van der Waals surface area contributed by atoms with Crippen LogP contribution >= 0.6 is 0 Å². The van der Waals surface area contributed by atoms with E-state index in [1.807, 2.05) is 24.3 Å². The van der Waals surface area contributed by atoms with Crippen LogP contribution < -0.4 is 14.2 Å². The van der Waals surface area contributed by atoms with Crippen molar-refractivity contribution in [2.24, 2.45) is 0 Å². The highest BCUT2D eigenvalue weighted by Gasteiger charge is 2.33. The fourth-order valence-electron chi connectivity index (χ4n) is 3.80. The SMILES string of the molecule is COc1cccc(CC2c3cc(OC)c(OCCCOC(C)=O)cc3C(C=O)=CN2C(=O)O)c1. The molecule has 1 amide bonds. The van der Waals surface area contributed by atoms with Crippen LogP contribution in [0, 0.1) is 0 Å². The van der Waals surface area contributed by atoms with Gasteiger partial charge >= 0.3 is 12.1 Å². The number of rotatable bonds is 10. The lowest BCUT2D eigenvalue weighted by Gasteiger charge is -2.33. The molecule has 2 aromatic carbocycles. The Balaban J connectivity index is 1.97. The van der Waals surface area contributed by atoms with Crippen molar-refractivity contribution in [3.05, 3.63) is 59.3 Å². The number of ether oxygens (including phenoxy) is 4. The summed E-state index contributed by atoms with van der Waals surface area (Å²) in [6.45, 7) is 1.82. The largest absolute Gasteiger partial charge is 0.497 e. The average Bonchev–Trinajstić information content (AvgIpc) is 2.83. The molecule has 1 aliphatic rings. The van der Waals surface area contributed by atoms with Gasteiger partial charge in [-0.3, -0.25) is 14.5 Å². The molecule has 1 atom stereocenters. The summed E-state index contributed by atoms with van der Waals surface area (Å²) >= 11 is 0. The minimum atomic E-state index is -1.18. The third kappa shape index (κ3) is 5.67. The first kappa shape index (κ1) is 24.6. The van der Waals surface area contributed by atoms with Gasteiger partial charge in [-0.15, -0.1) is 0 Å². The van der Waals surface area contributed by atoms with E-state index in [0.29, 0.717) is 47.5 Å². The first-order valence-electron chi connectivity index (χ1n) is 10.7. The van der Waals surface area contributed by atoms with Gasteiger partial charge < -0.3 is 24.1 Å². The summed E-state index contributed by atoms with van der Waals surface area (Å²) in [6.07, 6.45) is 1.60. The third-order valence-electron chi connectivity index (χ3n) is 5.38. The smallest absolute Gasteiger partial charge is 0.411 e. The number of esters is 1. The van der Waals surface area contributed by atoms with E-state index in [1.54, 1.807) is 19.2 Å². The molecule has 3 rings (SSSR count). The number of amides is 1. The van der Waals surface area contributed by atoms with Gasteiger partial charge in [0.25, 0.3) is 0 Å². The summed E-state index contributed by atoms with van der Waals surface area (Å²) in [5.41, 5.74) is 2.27. The third-order valence-corrected chi connectivity index (χ3v) is 5.38. The van der Waals surface area contributed by atoms with Crippen LogP contribution in [-0.4, -0.2) is 55.8 Å². The molecule has 1 unspecified atom stereocenters. The maximum Gasteiger partial charge on any atom is 0.411 e. The number of hydrogen-bond donors (Lipinski definition) is 1. The Kier molecular flexibility index (Phi) is 8.13. The molecule has 1 aliphatic heterocycles. The van der Waals surface area contributed by atoms with Crippen LogP contribution in [0.15, 0.2) is 42.6 Å². The van der Waals surface area contributed by atoms with Gasteiger partial charge in [-0.05, 0) is 47.4 Å². The summed E-state index contributed by atoms with van der Waals surface area (Å²) < 4.78 is 21.5. The topological polar surface area (TPSA) is 112 Å². The minimum Gasteiger partial charge on any atom is -0.497 e. The van der Waals surface area contributed by atoms with Crippen LogP contribution in [-0.2, 0) is 20.7 Å². The highest BCUT2D eigenvalue weighted by Crippen LogP contribution is 2.42. The number of fused-ring (bicyclic) bond motifs is 1. The molecule has 0 bridgehead atoms. The maximum atomic E-state index is 12.1. The zero-order valence-corrected chi connectivity index (χ0v) is 19.3. The number of allylic oxidation sites excluding steroid dienone is 1. The van der Waals surface area contributed by atoms with Crippen molar-refractivity contribution in [1.29, 1.82) is 0 Å². The Labute approximate surface area is 197 Å². The Morgan fingerprint density at radius 1 is 1.09 bits per heavy atom. The second-order valence-corrected chi connectivity index (χ2v) is 7.60. The Bertz CT molecular complexity index is 1090. The molecule has 0 spiro atoms. The number of nitrogens with zero attached hydrogens (tertiary/aromatic N) is 1. The molecule has 2 aromatic rings. The number of carboxylic acid groups (broad SMARTS) is 1. The van der Waals surface area contributed by atoms with Crippen molar-refractivity contribution in [1.82, 2.24) is 4.90 Å². The van der Waals surface area contributed by atoms with Crippen molar-refractivity contribution >= 4 is 23.9 Å². The highest BCUT2D eigenvalue weighted by molar-refractivity contribution is 6.09. The van der Waals surface area contributed by atoms with E-state index < -0.39 is 12.1 Å². The monoisotopic (exact) mass is 469 g/mol. The molecule has 0 fully saturated rings. The van der Waals surface area contributed by atoms with Crippen LogP contribution in [0.5, 0.6) is 17.2 Å². The lowest BCUT2D eigenvalue weighted by atomic mass is 9.87. The molecule has 9 heteroatoms. The van der Waals surface area contributed by atoms with Gasteiger partial charge in [0.05, 0.1) is 33.5 Å². The van der Waals surface area contributed by atoms with Crippen molar-refractivity contribution in [3.8, 4) is 17.2 Å². The van der Waals surface area contributed by atoms with Gasteiger partial charge in [0.15, 0.2) is 17.8 Å². The van der Waals surface area contributed by atoms with Crippen LogP contribution in [0.25, 0.3) is 5.57 Å². The summed E-state index contributed by atoms with van der Waals surface area (Å²) in [5.74, 6) is 1.10. The fraction of sp³-hybridized carbons (Fsp3) is 0.320. The number of benzene rings is 2. The Hall–Kier alpha value is -4.01. The molecule has 1 N–H and O–H groups in total. The zero-order chi connectivity index (χ0) is 24.7. The molecule has 0 radical (unpaired) electrons. The van der Waals surface area contributed by atoms with Gasteiger partial charge in [0, 0.05) is 25.1 Å². The van der Waals surface area contributed by atoms with Crippen molar-refractivity contribution < 1.29 is 38.4 Å². The normalized spacial score (nSPS) is 14.5. The number of hydrogen-bond acceptors (Lipinski definition) is 7. The molecular weight excluding hydrogens is 442 g/mol. The number of carbonyl (C=O) groups is 3. The van der Waals surface area contributed by atoms with Crippen molar-refractivity contribution in [2.75, 3.05) is 27.4 Å². The van der Waals surface area contributed by atoms with Gasteiger partial charge in [-0.1, -0.05) is 12.1 Å². The summed E-state index contributed by atoms with van der Waals surface area (Å²) in [4.78, 5) is 35.9. The van der Waals surface area contributed by atoms with E-state index in [4.69, 9.17) is 18.9 Å². The van der Waals surface area contributed by atoms with E-state index >= 15 is 0 Å². The molecule has 0 saturated heterocycles. The predicted molar refractivity (Wildman–Crippen MR) is 123 cm³/mol. The Morgan fingerprint density at radius 3 is 2.53 bits per heavy atom. The van der Waals surface area contributed by atoms with Crippen molar-refractivity contribution in [2.45, 2.75) is 25.8 Å². The van der Waals surface area contributed by atoms with Crippen LogP contribution in [0.2, 0.25) is 0 Å². The molecule has 34 heavy (non-hydrogen) atoms. The van der Waals surface area contributed by atoms with Crippen LogP contribution in [0.1, 0.15) is 36.1 Å². The minimum absolute atomic E-state index is 0.215. The summed E-state index contributed by atoms with van der Waals surface area (Å²) in [7, 11) is 3.05. The van der Waals surface area contributed by atoms with E-state index in [2.05, 4.69) is 0 Å². The lowest BCUT2D eigenvalue weighted by molar-refractivity contribution is -0.141. The molecule has 1 heterocycles. The highest BCUT2D eigenvalue weighted by atomic mass is 16.5. The molecule has 9 nitrogen and oxygen atoms in total. The molecule has 180 valence electrons. The molecule has 0 aliphatic carbocycles. The summed E-state index contributed by atoms with van der Waals surface area (Å²) in [6, 6.07) is 10.2. The van der Waals surface area contributed by atoms with E-state index in [-0.39, 0.29) is 24.8 Å². The molecule has 0 saturated carbocycles. The fourth-order valence-corrected chi connectivity index (χ4v) is 3.80. The van der Waals surface area contributed by atoms with E-state index in [1.165, 1.54) is 20.2 Å². The van der Waals surface area contributed by atoms with Crippen LogP contribution in [0.3, 0.4) is 0 Å². The standard InChI is InChI=1S/C25H27NO8/c1-16(28)33-8-5-9-34-24-12-20-18(15-27)14-26(25(29)30)22(21(20)13-23(24)32-3)11-17-6-4-7-19(10-17)31-2/h4,6-7,10,12-15,22H,5,8-9,11H2,1-3H3,(H,29,30). The quantitative estimate of drug-likeness (QED) is 0.317. The van der Waals surface area contributed by atoms with Gasteiger partial charge in [0.2, 0.25) is 0 Å². The number of methoxy groups -OCH3 is 2. The first-order chi connectivity index (χ1) is 16.4. The van der Waals surface area contributed by atoms with Gasteiger partial charge in [-0.2, -0.15) is 0 Å². The van der Waals surface area contributed by atoms with Gasteiger partial charge in [0.1, 0.15) is 5.75 Å². The first-order valence-corrected chi connectivity index (χ1v) is 10.7. The second kappa shape index (κ2) is 11.2. The predicted octanol–water partition coefficient (Wildman–Crippen LogP) is 3.85. The maximum absolute atomic E-state index is 12.1. The van der Waals surface area contributed by atoms with E-state index in [9.17, 15) is 19.5 Å². The summed E-state index contributed by atoms with van der Waals surface area (Å²) in [5, 5.41) is 9.86. The van der Waals surface area contributed by atoms with Crippen molar-refractivity contribution in [3.63, 3.8) is 0 Å². The van der Waals surface area contributed by atoms with E-state index in [0.717, 1.165) is 10.5 Å².